The van der Waals surface area contributed by atoms with Gasteiger partial charge in [0.2, 0.25) is 0 Å². The van der Waals surface area contributed by atoms with E-state index in [1.165, 1.54) is 0 Å². The molecule has 0 saturated carbocycles. The van der Waals surface area contributed by atoms with Crippen molar-refractivity contribution in [3.8, 4) is 0 Å². The van der Waals surface area contributed by atoms with Gasteiger partial charge in [0.05, 0.1) is 12.7 Å². The van der Waals surface area contributed by atoms with Crippen molar-refractivity contribution in [2.75, 3.05) is 19.7 Å². The zero-order chi connectivity index (χ0) is 11.9. The number of ether oxygens (including phenoxy) is 1. The molecule has 0 aliphatic rings. The summed E-state index contributed by atoms with van der Waals surface area (Å²) in [5.74, 6) is 0. The van der Waals surface area contributed by atoms with Crippen LogP contribution in [0.1, 0.15) is 41.5 Å². The lowest BCUT2D eigenvalue weighted by molar-refractivity contribution is 0.0795. The molecular formula is C12H28N2O. The number of nitrogens with one attached hydrogen (secondary N) is 2. The second kappa shape index (κ2) is 7.20. The fourth-order valence-corrected chi connectivity index (χ4v) is 1.13. The first-order valence-electron chi connectivity index (χ1n) is 5.91. The molecule has 0 radical (unpaired) electrons. The molecule has 2 N–H and O–H groups in total. The lowest BCUT2D eigenvalue weighted by Crippen LogP contribution is -2.45. The summed E-state index contributed by atoms with van der Waals surface area (Å²) in [7, 11) is 0. The van der Waals surface area contributed by atoms with Gasteiger partial charge in [-0.25, -0.2) is 0 Å². The fraction of sp³-hybridized carbons (Fsp3) is 1.00. The lowest BCUT2D eigenvalue weighted by Gasteiger charge is -2.24. The Kier molecular flexibility index (Phi) is 7.14. The van der Waals surface area contributed by atoms with Gasteiger partial charge in [-0.15, -0.1) is 0 Å². The molecule has 0 fully saturated rings. The van der Waals surface area contributed by atoms with E-state index in [4.69, 9.17) is 4.74 Å². The molecule has 15 heavy (non-hydrogen) atoms. The molecule has 1 unspecified atom stereocenters. The summed E-state index contributed by atoms with van der Waals surface area (Å²) in [5, 5.41) is 6.89. The highest BCUT2D eigenvalue weighted by atomic mass is 16.5. The van der Waals surface area contributed by atoms with E-state index in [9.17, 15) is 0 Å². The Morgan fingerprint density at radius 3 is 2.20 bits per heavy atom. The van der Waals surface area contributed by atoms with Gasteiger partial charge in [-0.1, -0.05) is 0 Å². The van der Waals surface area contributed by atoms with Gasteiger partial charge in [0, 0.05) is 24.7 Å². The van der Waals surface area contributed by atoms with Gasteiger partial charge in [0.1, 0.15) is 0 Å². The summed E-state index contributed by atoms with van der Waals surface area (Å²) >= 11 is 0. The topological polar surface area (TPSA) is 33.3 Å². The summed E-state index contributed by atoms with van der Waals surface area (Å²) in [6.07, 6.45) is 0.329. The predicted molar refractivity (Wildman–Crippen MR) is 66.3 cm³/mol. The third-order valence-electron chi connectivity index (χ3n) is 1.98. The van der Waals surface area contributed by atoms with Gasteiger partial charge in [-0.3, -0.25) is 0 Å². The van der Waals surface area contributed by atoms with Crippen molar-refractivity contribution in [3.63, 3.8) is 0 Å². The molecule has 0 aromatic rings. The Balaban J connectivity index is 3.38. The summed E-state index contributed by atoms with van der Waals surface area (Å²) in [5.41, 5.74) is 0.199. The Morgan fingerprint density at radius 2 is 1.73 bits per heavy atom. The van der Waals surface area contributed by atoms with Crippen LogP contribution in [0.2, 0.25) is 0 Å². The maximum absolute atomic E-state index is 5.45. The minimum Gasteiger partial charge on any atom is -0.377 e. The van der Waals surface area contributed by atoms with E-state index in [2.05, 4.69) is 52.2 Å². The summed E-state index contributed by atoms with van der Waals surface area (Å²) < 4.78 is 5.45. The highest BCUT2D eigenvalue weighted by Crippen LogP contribution is 1.97. The van der Waals surface area contributed by atoms with Crippen molar-refractivity contribution in [1.29, 1.82) is 0 Å². The van der Waals surface area contributed by atoms with E-state index in [0.717, 1.165) is 19.7 Å². The van der Waals surface area contributed by atoms with E-state index in [0.29, 0.717) is 12.1 Å². The summed E-state index contributed by atoms with van der Waals surface area (Å²) in [6.45, 7) is 15.6. The first-order chi connectivity index (χ1) is 6.81. The van der Waals surface area contributed by atoms with Crippen molar-refractivity contribution < 1.29 is 4.74 Å². The molecular weight excluding hydrogens is 188 g/mol. The van der Waals surface area contributed by atoms with E-state index in [1.807, 2.05) is 0 Å². The molecule has 0 aromatic carbocycles. The Labute approximate surface area is 95.0 Å². The first-order valence-corrected chi connectivity index (χ1v) is 5.91. The maximum Gasteiger partial charge on any atom is 0.0594 e. The molecule has 1 atom stereocenters. The lowest BCUT2D eigenvalue weighted by atomic mass is 10.1. The van der Waals surface area contributed by atoms with Crippen LogP contribution in [-0.2, 0) is 4.74 Å². The van der Waals surface area contributed by atoms with Gasteiger partial charge >= 0.3 is 0 Å². The van der Waals surface area contributed by atoms with Crippen molar-refractivity contribution >= 4 is 0 Å². The summed E-state index contributed by atoms with van der Waals surface area (Å²) in [6, 6.07) is 0.486. The third kappa shape index (κ3) is 11.8. The molecule has 0 amide bonds. The summed E-state index contributed by atoms with van der Waals surface area (Å²) in [4.78, 5) is 0. The van der Waals surface area contributed by atoms with E-state index >= 15 is 0 Å². The van der Waals surface area contributed by atoms with Crippen LogP contribution in [0.15, 0.2) is 0 Å². The minimum atomic E-state index is 0.199. The molecule has 0 aliphatic carbocycles. The quantitative estimate of drug-likeness (QED) is 0.636. The van der Waals surface area contributed by atoms with Crippen molar-refractivity contribution in [2.24, 2.45) is 0 Å². The number of hydrogen-bond acceptors (Lipinski definition) is 3. The molecule has 0 aromatic heterocycles. The van der Waals surface area contributed by atoms with Crippen LogP contribution in [0, 0.1) is 0 Å². The maximum atomic E-state index is 5.45. The Bertz CT molecular complexity index is 152. The molecule has 0 saturated heterocycles. The molecule has 0 rings (SSSR count). The second-order valence-corrected chi connectivity index (χ2v) is 5.41. The highest BCUT2D eigenvalue weighted by molar-refractivity contribution is 4.74. The minimum absolute atomic E-state index is 0.199. The second-order valence-electron chi connectivity index (χ2n) is 5.41. The monoisotopic (exact) mass is 216 g/mol. The van der Waals surface area contributed by atoms with Gasteiger partial charge in [0.25, 0.3) is 0 Å². The van der Waals surface area contributed by atoms with Crippen LogP contribution >= 0.6 is 0 Å². The molecule has 0 bridgehead atoms. The third-order valence-corrected chi connectivity index (χ3v) is 1.98. The average Bonchev–Trinajstić information content (AvgIpc) is 2.07. The Morgan fingerprint density at radius 1 is 1.13 bits per heavy atom. The van der Waals surface area contributed by atoms with Crippen molar-refractivity contribution in [3.05, 3.63) is 0 Å². The van der Waals surface area contributed by atoms with Crippen LogP contribution in [-0.4, -0.2) is 37.4 Å². The molecule has 3 heteroatoms. The van der Waals surface area contributed by atoms with Gasteiger partial charge in [0.15, 0.2) is 0 Å². The number of rotatable bonds is 7. The van der Waals surface area contributed by atoms with Crippen LogP contribution in [0.25, 0.3) is 0 Å². The zero-order valence-electron chi connectivity index (χ0n) is 11.2. The molecule has 0 spiro atoms. The SMILES string of the molecule is CC(CNC(C)(C)C)NCCOC(C)C. The zero-order valence-corrected chi connectivity index (χ0v) is 11.2. The normalized spacial score (nSPS) is 14.6. The van der Waals surface area contributed by atoms with Crippen LogP contribution < -0.4 is 10.6 Å². The predicted octanol–water partition coefficient (Wildman–Crippen LogP) is 1.78. The van der Waals surface area contributed by atoms with Crippen molar-refractivity contribution in [1.82, 2.24) is 10.6 Å². The largest absolute Gasteiger partial charge is 0.377 e. The fourth-order valence-electron chi connectivity index (χ4n) is 1.13. The van der Waals surface area contributed by atoms with Gasteiger partial charge in [-0.05, 0) is 41.5 Å². The average molecular weight is 216 g/mol. The smallest absolute Gasteiger partial charge is 0.0594 e. The number of hydrogen-bond donors (Lipinski definition) is 2. The van der Waals surface area contributed by atoms with Gasteiger partial charge < -0.3 is 15.4 Å². The molecule has 3 nitrogen and oxygen atoms in total. The van der Waals surface area contributed by atoms with Gasteiger partial charge in [-0.2, -0.15) is 0 Å². The first kappa shape index (κ1) is 14.9. The highest BCUT2D eigenvalue weighted by Gasteiger charge is 2.10. The van der Waals surface area contributed by atoms with Crippen LogP contribution in [0.3, 0.4) is 0 Å². The van der Waals surface area contributed by atoms with E-state index in [-0.39, 0.29) is 5.54 Å². The van der Waals surface area contributed by atoms with Crippen molar-refractivity contribution in [2.45, 2.75) is 59.2 Å². The Hall–Kier alpha value is -0.120. The molecule has 0 heterocycles. The van der Waals surface area contributed by atoms with E-state index in [1.54, 1.807) is 0 Å². The molecule has 0 aliphatic heterocycles. The molecule has 92 valence electrons. The standard InChI is InChI=1S/C12H28N2O/c1-10(2)15-8-7-13-11(3)9-14-12(4,5)6/h10-11,13-14H,7-9H2,1-6H3. The van der Waals surface area contributed by atoms with E-state index < -0.39 is 0 Å². The van der Waals surface area contributed by atoms with Crippen LogP contribution in [0.4, 0.5) is 0 Å². The van der Waals surface area contributed by atoms with Crippen LogP contribution in [0.5, 0.6) is 0 Å².